The van der Waals surface area contributed by atoms with Gasteiger partial charge in [-0.3, -0.25) is 0 Å². The summed E-state index contributed by atoms with van der Waals surface area (Å²) in [6, 6.07) is 4.31. The van der Waals surface area contributed by atoms with Crippen molar-refractivity contribution in [2.24, 2.45) is 0 Å². The van der Waals surface area contributed by atoms with Gasteiger partial charge in [0.05, 0.1) is 6.10 Å². The Morgan fingerprint density at radius 1 is 1.35 bits per heavy atom. The largest absolute Gasteiger partial charge is 0.378 e. The van der Waals surface area contributed by atoms with Gasteiger partial charge in [-0.05, 0) is 50.4 Å². The second kappa shape index (κ2) is 8.22. The van der Waals surface area contributed by atoms with Crippen LogP contribution in [0, 0.1) is 0 Å². The summed E-state index contributed by atoms with van der Waals surface area (Å²) in [6.07, 6.45) is 5.74. The van der Waals surface area contributed by atoms with Gasteiger partial charge in [0.2, 0.25) is 0 Å². The summed E-state index contributed by atoms with van der Waals surface area (Å²) < 4.78 is 5.70. The first kappa shape index (κ1) is 15.3. The Hall–Kier alpha value is -1.13. The molecule has 4 heteroatoms. The van der Waals surface area contributed by atoms with Gasteiger partial charge in [0.15, 0.2) is 0 Å². The van der Waals surface area contributed by atoms with E-state index in [9.17, 15) is 0 Å². The minimum atomic E-state index is 0.436. The third-order valence-electron chi connectivity index (χ3n) is 3.73. The first-order valence-corrected chi connectivity index (χ1v) is 7.85. The van der Waals surface area contributed by atoms with Gasteiger partial charge in [-0.1, -0.05) is 6.92 Å². The third kappa shape index (κ3) is 4.46. The van der Waals surface area contributed by atoms with E-state index in [0.717, 1.165) is 51.4 Å². The molecular formula is C16H27N3O. The van der Waals surface area contributed by atoms with Crippen LogP contribution in [0.4, 0.5) is 5.82 Å². The zero-order valence-electron chi connectivity index (χ0n) is 12.8. The average Bonchev–Trinajstić information content (AvgIpc) is 2.49. The normalized spacial score (nSPS) is 16.6. The maximum absolute atomic E-state index is 5.70. The van der Waals surface area contributed by atoms with Crippen molar-refractivity contribution >= 4 is 5.82 Å². The van der Waals surface area contributed by atoms with Crippen molar-refractivity contribution in [2.45, 2.75) is 45.8 Å². The molecule has 4 nitrogen and oxygen atoms in total. The van der Waals surface area contributed by atoms with Crippen molar-refractivity contribution in [2.75, 3.05) is 31.1 Å². The Labute approximate surface area is 122 Å². The van der Waals surface area contributed by atoms with Gasteiger partial charge >= 0.3 is 0 Å². The van der Waals surface area contributed by atoms with Crippen molar-refractivity contribution in [3.05, 3.63) is 23.9 Å². The lowest BCUT2D eigenvalue weighted by Gasteiger charge is -2.32. The van der Waals surface area contributed by atoms with Crippen LogP contribution in [0.2, 0.25) is 0 Å². The van der Waals surface area contributed by atoms with E-state index in [1.807, 2.05) is 6.20 Å². The molecule has 1 aliphatic heterocycles. The SMILES string of the molecule is CCCNCc1ccnc(N2CCC(OCC)CC2)c1. The molecular weight excluding hydrogens is 250 g/mol. The van der Waals surface area contributed by atoms with Crippen molar-refractivity contribution in [1.29, 1.82) is 0 Å². The number of piperidine rings is 1. The summed E-state index contributed by atoms with van der Waals surface area (Å²) in [7, 11) is 0. The first-order valence-electron chi connectivity index (χ1n) is 7.85. The molecule has 0 unspecified atom stereocenters. The third-order valence-corrected chi connectivity index (χ3v) is 3.73. The predicted molar refractivity (Wildman–Crippen MR) is 83.1 cm³/mol. The Morgan fingerprint density at radius 3 is 2.85 bits per heavy atom. The number of hydrogen-bond acceptors (Lipinski definition) is 4. The van der Waals surface area contributed by atoms with Crippen molar-refractivity contribution in [3.8, 4) is 0 Å². The molecule has 1 saturated heterocycles. The van der Waals surface area contributed by atoms with Gasteiger partial charge in [-0.25, -0.2) is 4.98 Å². The highest BCUT2D eigenvalue weighted by Gasteiger charge is 2.20. The molecule has 20 heavy (non-hydrogen) atoms. The maximum atomic E-state index is 5.70. The fourth-order valence-corrected chi connectivity index (χ4v) is 2.64. The molecule has 0 atom stereocenters. The Bertz CT molecular complexity index is 389. The van der Waals surface area contributed by atoms with Crippen LogP contribution in [0.25, 0.3) is 0 Å². The Kier molecular flexibility index (Phi) is 6.27. The van der Waals surface area contributed by atoms with Crippen molar-refractivity contribution in [1.82, 2.24) is 10.3 Å². The summed E-state index contributed by atoms with van der Waals surface area (Å²) in [5.41, 5.74) is 1.32. The van der Waals surface area contributed by atoms with E-state index in [0.29, 0.717) is 6.10 Å². The molecule has 1 N–H and O–H groups in total. The summed E-state index contributed by atoms with van der Waals surface area (Å²) in [6.45, 7) is 9.17. The van der Waals surface area contributed by atoms with Gasteiger partial charge in [-0.2, -0.15) is 0 Å². The molecule has 112 valence electrons. The summed E-state index contributed by atoms with van der Waals surface area (Å²) in [4.78, 5) is 6.89. The van der Waals surface area contributed by atoms with E-state index in [4.69, 9.17) is 4.74 Å². The zero-order valence-corrected chi connectivity index (χ0v) is 12.8. The monoisotopic (exact) mass is 277 g/mol. The van der Waals surface area contributed by atoms with Gasteiger partial charge in [-0.15, -0.1) is 0 Å². The van der Waals surface area contributed by atoms with Crippen LogP contribution in [0.1, 0.15) is 38.7 Å². The lowest BCUT2D eigenvalue weighted by Crippen LogP contribution is -2.37. The number of rotatable bonds is 7. The highest BCUT2D eigenvalue weighted by Crippen LogP contribution is 2.20. The highest BCUT2D eigenvalue weighted by atomic mass is 16.5. The van der Waals surface area contributed by atoms with E-state index in [1.165, 1.54) is 12.0 Å². The first-order chi connectivity index (χ1) is 9.83. The molecule has 0 amide bonds. The van der Waals surface area contributed by atoms with Gasteiger partial charge in [0.1, 0.15) is 5.82 Å². The van der Waals surface area contributed by atoms with Crippen LogP contribution in [0.5, 0.6) is 0 Å². The molecule has 0 bridgehead atoms. The van der Waals surface area contributed by atoms with Gasteiger partial charge in [0.25, 0.3) is 0 Å². The topological polar surface area (TPSA) is 37.4 Å². The predicted octanol–water partition coefficient (Wildman–Crippen LogP) is 2.59. The fourth-order valence-electron chi connectivity index (χ4n) is 2.64. The number of anilines is 1. The van der Waals surface area contributed by atoms with Gasteiger partial charge < -0.3 is 15.0 Å². The highest BCUT2D eigenvalue weighted by molar-refractivity contribution is 5.41. The average molecular weight is 277 g/mol. The van der Waals surface area contributed by atoms with Gasteiger partial charge in [0, 0.05) is 32.4 Å². The van der Waals surface area contributed by atoms with E-state index in [1.54, 1.807) is 0 Å². The number of nitrogens with one attached hydrogen (secondary N) is 1. The number of hydrogen-bond donors (Lipinski definition) is 1. The number of ether oxygens (including phenoxy) is 1. The van der Waals surface area contributed by atoms with Crippen LogP contribution >= 0.6 is 0 Å². The maximum Gasteiger partial charge on any atom is 0.128 e. The minimum Gasteiger partial charge on any atom is -0.378 e. The van der Waals surface area contributed by atoms with Crippen LogP contribution in [0.15, 0.2) is 18.3 Å². The van der Waals surface area contributed by atoms with E-state index < -0.39 is 0 Å². The summed E-state index contributed by atoms with van der Waals surface area (Å²) >= 11 is 0. The molecule has 0 aromatic carbocycles. The Morgan fingerprint density at radius 2 is 2.15 bits per heavy atom. The molecule has 2 rings (SSSR count). The molecule has 2 heterocycles. The molecule has 1 aromatic rings. The minimum absolute atomic E-state index is 0.436. The number of nitrogens with zero attached hydrogens (tertiary/aromatic N) is 2. The fraction of sp³-hybridized carbons (Fsp3) is 0.688. The van der Waals surface area contributed by atoms with Crippen LogP contribution in [0.3, 0.4) is 0 Å². The molecule has 0 spiro atoms. The molecule has 1 aromatic heterocycles. The van der Waals surface area contributed by atoms with Crippen molar-refractivity contribution < 1.29 is 4.74 Å². The van der Waals surface area contributed by atoms with Crippen LogP contribution < -0.4 is 10.2 Å². The summed E-state index contributed by atoms with van der Waals surface area (Å²) in [5.74, 6) is 1.11. The standard InChI is InChI=1S/C16H27N3O/c1-3-8-17-13-14-5-9-18-16(12-14)19-10-6-15(7-11-19)20-4-2/h5,9,12,15,17H,3-4,6-8,10-11,13H2,1-2H3. The van der Waals surface area contributed by atoms with Crippen LogP contribution in [-0.2, 0) is 11.3 Å². The van der Waals surface area contributed by atoms with E-state index in [2.05, 4.69) is 41.2 Å². The molecule has 1 fully saturated rings. The quantitative estimate of drug-likeness (QED) is 0.777. The smallest absolute Gasteiger partial charge is 0.128 e. The summed E-state index contributed by atoms with van der Waals surface area (Å²) in [5, 5.41) is 3.44. The van der Waals surface area contributed by atoms with Crippen LogP contribution in [-0.4, -0.2) is 37.3 Å². The lowest BCUT2D eigenvalue weighted by atomic mass is 10.1. The van der Waals surface area contributed by atoms with E-state index >= 15 is 0 Å². The number of aromatic nitrogens is 1. The second-order valence-corrected chi connectivity index (χ2v) is 5.34. The Balaban J connectivity index is 1.87. The molecule has 0 saturated carbocycles. The molecule has 0 aliphatic carbocycles. The molecule has 0 radical (unpaired) electrons. The second-order valence-electron chi connectivity index (χ2n) is 5.34. The molecule has 1 aliphatic rings. The zero-order chi connectivity index (χ0) is 14.2. The van der Waals surface area contributed by atoms with Crippen molar-refractivity contribution in [3.63, 3.8) is 0 Å². The van der Waals surface area contributed by atoms with E-state index in [-0.39, 0.29) is 0 Å². The number of pyridine rings is 1. The lowest BCUT2D eigenvalue weighted by molar-refractivity contribution is 0.0458.